The number of amides is 1. The maximum atomic E-state index is 11.1. The number of anilines is 2. The highest BCUT2D eigenvalue weighted by atomic mass is 35.5. The Morgan fingerprint density at radius 1 is 1.27 bits per heavy atom. The normalized spacial score (nSPS) is 9.68. The molecule has 2 aromatic carbocycles. The van der Waals surface area contributed by atoms with Gasteiger partial charge >= 0.3 is 6.09 Å². The van der Waals surface area contributed by atoms with Crippen LogP contribution in [0.25, 0.3) is 0 Å². The van der Waals surface area contributed by atoms with Crippen molar-refractivity contribution in [1.29, 1.82) is 5.26 Å². The molecule has 0 heterocycles. The lowest BCUT2D eigenvalue weighted by Gasteiger charge is -2.09. The molecule has 5 nitrogen and oxygen atoms in total. The van der Waals surface area contributed by atoms with Crippen LogP contribution in [0.3, 0.4) is 0 Å². The molecule has 112 valence electrons. The third kappa shape index (κ3) is 4.14. The Bertz CT molecular complexity index is 708. The standard InChI is InChI=1S/C16H14ClN3O2/c1-22-16(21)20-14-5-2-11(3-6-14)10-19-15-7-4-13(17)8-12(15)9-18/h2-8,19H,10H2,1H3,(H,20,21). The van der Waals surface area contributed by atoms with Gasteiger partial charge in [0, 0.05) is 17.3 Å². The minimum Gasteiger partial charge on any atom is -0.453 e. The molecule has 2 N–H and O–H groups in total. The zero-order valence-corrected chi connectivity index (χ0v) is 12.6. The summed E-state index contributed by atoms with van der Waals surface area (Å²) in [7, 11) is 1.31. The first kappa shape index (κ1) is 15.7. The first-order chi connectivity index (χ1) is 10.6. The Morgan fingerprint density at radius 2 is 2.00 bits per heavy atom. The second-order valence-electron chi connectivity index (χ2n) is 4.47. The van der Waals surface area contributed by atoms with Crippen molar-refractivity contribution in [3.8, 4) is 6.07 Å². The molecular formula is C16H14ClN3O2. The molecule has 0 bridgehead atoms. The van der Waals surface area contributed by atoms with Crippen LogP contribution >= 0.6 is 11.6 Å². The smallest absolute Gasteiger partial charge is 0.411 e. The molecule has 6 heteroatoms. The Morgan fingerprint density at radius 3 is 2.64 bits per heavy atom. The van der Waals surface area contributed by atoms with E-state index < -0.39 is 6.09 Å². The number of nitrogens with zero attached hydrogens (tertiary/aromatic N) is 1. The molecule has 2 rings (SSSR count). The SMILES string of the molecule is COC(=O)Nc1ccc(CNc2ccc(Cl)cc2C#N)cc1. The molecular weight excluding hydrogens is 302 g/mol. The Labute approximate surface area is 133 Å². The van der Waals surface area contributed by atoms with Crippen LogP contribution in [-0.4, -0.2) is 13.2 Å². The predicted octanol–water partition coefficient (Wildman–Crippen LogP) is 4.00. The molecule has 0 aliphatic carbocycles. The Hall–Kier alpha value is -2.71. The molecule has 0 aliphatic rings. The van der Waals surface area contributed by atoms with Crippen molar-refractivity contribution in [3.63, 3.8) is 0 Å². The molecule has 0 aromatic heterocycles. The Kier molecular flexibility index (Phi) is 5.23. The van der Waals surface area contributed by atoms with Crippen molar-refractivity contribution in [2.45, 2.75) is 6.54 Å². The monoisotopic (exact) mass is 315 g/mol. The number of ether oxygens (including phenoxy) is 1. The number of halogens is 1. The van der Waals surface area contributed by atoms with Crippen molar-refractivity contribution in [3.05, 3.63) is 58.6 Å². The first-order valence-corrected chi connectivity index (χ1v) is 6.87. The largest absolute Gasteiger partial charge is 0.453 e. The summed E-state index contributed by atoms with van der Waals surface area (Å²) in [6.45, 7) is 0.550. The van der Waals surface area contributed by atoms with Crippen LogP contribution in [0.15, 0.2) is 42.5 Å². The van der Waals surface area contributed by atoms with Crippen molar-refractivity contribution in [1.82, 2.24) is 0 Å². The second kappa shape index (κ2) is 7.34. The highest BCUT2D eigenvalue weighted by Gasteiger charge is 2.04. The van der Waals surface area contributed by atoms with E-state index in [0.29, 0.717) is 22.8 Å². The molecule has 0 radical (unpaired) electrons. The minimum atomic E-state index is -0.509. The average molecular weight is 316 g/mol. The number of nitrogens with one attached hydrogen (secondary N) is 2. The van der Waals surface area contributed by atoms with Gasteiger partial charge in [0.15, 0.2) is 0 Å². The third-order valence-electron chi connectivity index (χ3n) is 2.97. The summed E-state index contributed by atoms with van der Waals surface area (Å²) < 4.78 is 4.52. The van der Waals surface area contributed by atoms with E-state index in [1.807, 2.05) is 12.1 Å². The van der Waals surface area contributed by atoms with Crippen LogP contribution in [0.5, 0.6) is 0 Å². The maximum Gasteiger partial charge on any atom is 0.411 e. The third-order valence-corrected chi connectivity index (χ3v) is 3.21. The van der Waals surface area contributed by atoms with Gasteiger partial charge in [-0.25, -0.2) is 4.79 Å². The van der Waals surface area contributed by atoms with Gasteiger partial charge in [-0.2, -0.15) is 5.26 Å². The molecule has 0 fully saturated rings. The molecule has 22 heavy (non-hydrogen) atoms. The molecule has 0 aliphatic heterocycles. The number of carbonyl (C=O) groups excluding carboxylic acids is 1. The minimum absolute atomic E-state index is 0.497. The topological polar surface area (TPSA) is 74.2 Å². The molecule has 0 saturated carbocycles. The van der Waals surface area contributed by atoms with E-state index in [9.17, 15) is 4.79 Å². The number of carbonyl (C=O) groups is 1. The summed E-state index contributed by atoms with van der Waals surface area (Å²) >= 11 is 5.86. The van der Waals surface area contributed by atoms with Crippen LogP contribution in [0.2, 0.25) is 5.02 Å². The summed E-state index contributed by atoms with van der Waals surface area (Å²) in [4.78, 5) is 11.1. The van der Waals surface area contributed by atoms with E-state index in [1.54, 1.807) is 30.3 Å². The van der Waals surface area contributed by atoms with Gasteiger partial charge in [0.1, 0.15) is 6.07 Å². The van der Waals surface area contributed by atoms with E-state index in [0.717, 1.165) is 11.3 Å². The molecule has 0 unspecified atom stereocenters. The van der Waals surface area contributed by atoms with Crippen molar-refractivity contribution in [2.75, 3.05) is 17.7 Å². The van der Waals surface area contributed by atoms with Gasteiger partial charge in [-0.3, -0.25) is 5.32 Å². The first-order valence-electron chi connectivity index (χ1n) is 6.50. The van der Waals surface area contributed by atoms with E-state index in [2.05, 4.69) is 21.4 Å². The molecule has 0 atom stereocenters. The number of benzene rings is 2. The molecule has 0 saturated heterocycles. The number of methoxy groups -OCH3 is 1. The zero-order valence-electron chi connectivity index (χ0n) is 11.9. The highest BCUT2D eigenvalue weighted by Crippen LogP contribution is 2.20. The Balaban J connectivity index is 2.00. The van der Waals surface area contributed by atoms with Crippen LogP contribution in [0.1, 0.15) is 11.1 Å². The lowest BCUT2D eigenvalue weighted by Crippen LogP contribution is -2.10. The fourth-order valence-corrected chi connectivity index (χ4v) is 2.01. The van der Waals surface area contributed by atoms with Crippen LogP contribution < -0.4 is 10.6 Å². The van der Waals surface area contributed by atoms with Crippen LogP contribution in [0.4, 0.5) is 16.2 Å². The zero-order chi connectivity index (χ0) is 15.9. The van der Waals surface area contributed by atoms with Gasteiger partial charge < -0.3 is 10.1 Å². The summed E-state index contributed by atoms with van der Waals surface area (Å²) in [6, 6.07) is 14.5. The number of rotatable bonds is 4. The number of hydrogen-bond acceptors (Lipinski definition) is 4. The van der Waals surface area contributed by atoms with Crippen LogP contribution in [0, 0.1) is 11.3 Å². The van der Waals surface area contributed by atoms with Crippen LogP contribution in [-0.2, 0) is 11.3 Å². The lowest BCUT2D eigenvalue weighted by atomic mass is 10.1. The number of hydrogen-bond donors (Lipinski definition) is 2. The van der Waals surface area contributed by atoms with Gasteiger partial charge in [-0.1, -0.05) is 23.7 Å². The second-order valence-corrected chi connectivity index (χ2v) is 4.91. The highest BCUT2D eigenvalue weighted by molar-refractivity contribution is 6.30. The average Bonchev–Trinajstić information content (AvgIpc) is 2.54. The maximum absolute atomic E-state index is 11.1. The lowest BCUT2D eigenvalue weighted by molar-refractivity contribution is 0.187. The van der Waals surface area contributed by atoms with E-state index in [-0.39, 0.29) is 0 Å². The van der Waals surface area contributed by atoms with Gasteiger partial charge in [0.2, 0.25) is 0 Å². The van der Waals surface area contributed by atoms with Crippen molar-refractivity contribution < 1.29 is 9.53 Å². The quantitative estimate of drug-likeness (QED) is 0.894. The van der Waals surface area contributed by atoms with E-state index in [1.165, 1.54) is 7.11 Å². The summed E-state index contributed by atoms with van der Waals surface area (Å²) in [5.74, 6) is 0. The van der Waals surface area contributed by atoms with E-state index >= 15 is 0 Å². The number of nitriles is 1. The fraction of sp³-hybridized carbons (Fsp3) is 0.125. The van der Waals surface area contributed by atoms with Gasteiger partial charge in [-0.05, 0) is 35.9 Å². The van der Waals surface area contributed by atoms with Gasteiger partial charge in [0.05, 0.1) is 18.4 Å². The van der Waals surface area contributed by atoms with Crippen molar-refractivity contribution >= 4 is 29.1 Å². The molecule has 0 spiro atoms. The van der Waals surface area contributed by atoms with E-state index in [4.69, 9.17) is 16.9 Å². The van der Waals surface area contributed by atoms with Crippen molar-refractivity contribution in [2.24, 2.45) is 0 Å². The molecule has 1 amide bonds. The summed E-state index contributed by atoms with van der Waals surface area (Å²) in [5.41, 5.74) is 2.88. The summed E-state index contributed by atoms with van der Waals surface area (Å²) in [6.07, 6.45) is -0.509. The fourth-order valence-electron chi connectivity index (χ4n) is 1.84. The predicted molar refractivity (Wildman–Crippen MR) is 86.0 cm³/mol. The summed E-state index contributed by atoms with van der Waals surface area (Å²) in [5, 5.41) is 15.4. The van der Waals surface area contributed by atoms with Gasteiger partial charge in [-0.15, -0.1) is 0 Å². The van der Waals surface area contributed by atoms with Gasteiger partial charge in [0.25, 0.3) is 0 Å². The molecule has 2 aromatic rings.